The molecule has 2 rings (SSSR count). The maximum absolute atomic E-state index is 12.4. The van der Waals surface area contributed by atoms with Crippen molar-refractivity contribution in [3.63, 3.8) is 0 Å². The van der Waals surface area contributed by atoms with Crippen LogP contribution in [0.5, 0.6) is 17.2 Å². The van der Waals surface area contributed by atoms with Gasteiger partial charge in [-0.15, -0.1) is 0 Å². The molecule has 2 N–H and O–H groups in total. The lowest BCUT2D eigenvalue weighted by Gasteiger charge is -2.14. The van der Waals surface area contributed by atoms with Crippen LogP contribution in [0.15, 0.2) is 42.5 Å². The van der Waals surface area contributed by atoms with Gasteiger partial charge in [0.2, 0.25) is 0 Å². The van der Waals surface area contributed by atoms with Gasteiger partial charge in [-0.25, -0.2) is 0 Å². The van der Waals surface area contributed by atoms with Crippen LogP contribution in [0.4, 0.5) is 14.5 Å². The van der Waals surface area contributed by atoms with Crippen LogP contribution in [0.2, 0.25) is 0 Å². The largest absolute Gasteiger partial charge is 0.493 e. The van der Waals surface area contributed by atoms with Crippen molar-refractivity contribution in [3.8, 4) is 17.2 Å². The smallest absolute Gasteiger partial charge is 0.387 e. The van der Waals surface area contributed by atoms with Gasteiger partial charge in [0.15, 0.2) is 16.6 Å². The average Bonchev–Trinajstić information content (AvgIpc) is 2.62. The number of ether oxygens (including phenoxy) is 3. The summed E-state index contributed by atoms with van der Waals surface area (Å²) in [6.45, 7) is -2.34. The Kier molecular flexibility index (Phi) is 7.40. The number of benzene rings is 2. The van der Waals surface area contributed by atoms with E-state index in [1.54, 1.807) is 32.4 Å². The molecule has 0 aliphatic carbocycles. The molecule has 140 valence electrons. The molecule has 0 unspecified atom stereocenters. The van der Waals surface area contributed by atoms with E-state index in [1.807, 2.05) is 18.2 Å². The van der Waals surface area contributed by atoms with Gasteiger partial charge in [-0.3, -0.25) is 0 Å². The number of para-hydroxylation sites is 2. The van der Waals surface area contributed by atoms with Gasteiger partial charge in [0, 0.05) is 6.54 Å². The Morgan fingerprint density at radius 2 is 1.77 bits per heavy atom. The van der Waals surface area contributed by atoms with Crippen molar-refractivity contribution in [1.29, 1.82) is 0 Å². The molecule has 0 bridgehead atoms. The number of anilines is 1. The predicted octanol–water partition coefficient (Wildman–Crippen LogP) is 3.83. The van der Waals surface area contributed by atoms with Gasteiger partial charge in [0.05, 0.1) is 19.9 Å². The molecular weight excluding hydrogens is 362 g/mol. The summed E-state index contributed by atoms with van der Waals surface area (Å²) < 4.78 is 39.8. The van der Waals surface area contributed by atoms with Crippen LogP contribution in [-0.2, 0) is 6.42 Å². The second kappa shape index (κ2) is 9.76. The minimum Gasteiger partial charge on any atom is -0.493 e. The van der Waals surface area contributed by atoms with E-state index >= 15 is 0 Å². The molecule has 0 spiro atoms. The Hall–Kier alpha value is -2.61. The Labute approximate surface area is 156 Å². The van der Waals surface area contributed by atoms with E-state index in [2.05, 4.69) is 15.4 Å². The van der Waals surface area contributed by atoms with E-state index in [-0.39, 0.29) is 5.75 Å². The highest BCUT2D eigenvalue weighted by atomic mass is 32.1. The van der Waals surface area contributed by atoms with Crippen LogP contribution in [0.3, 0.4) is 0 Å². The highest BCUT2D eigenvalue weighted by molar-refractivity contribution is 7.80. The van der Waals surface area contributed by atoms with Gasteiger partial charge in [0.1, 0.15) is 5.75 Å². The second-order valence-electron chi connectivity index (χ2n) is 5.19. The summed E-state index contributed by atoms with van der Waals surface area (Å²) in [6.07, 6.45) is 0.692. The fourth-order valence-corrected chi connectivity index (χ4v) is 2.50. The van der Waals surface area contributed by atoms with Crippen LogP contribution in [0.25, 0.3) is 0 Å². The van der Waals surface area contributed by atoms with Crippen molar-refractivity contribution in [2.45, 2.75) is 13.0 Å². The van der Waals surface area contributed by atoms with Crippen molar-refractivity contribution in [3.05, 3.63) is 48.0 Å². The van der Waals surface area contributed by atoms with E-state index in [4.69, 9.17) is 21.7 Å². The summed E-state index contributed by atoms with van der Waals surface area (Å²) in [5.74, 6) is 1.35. The first-order chi connectivity index (χ1) is 12.5. The van der Waals surface area contributed by atoms with Crippen LogP contribution >= 0.6 is 12.2 Å². The maximum Gasteiger partial charge on any atom is 0.387 e. The van der Waals surface area contributed by atoms with E-state index in [0.717, 1.165) is 5.56 Å². The zero-order valence-electron chi connectivity index (χ0n) is 14.4. The molecule has 26 heavy (non-hydrogen) atoms. The van der Waals surface area contributed by atoms with Gasteiger partial charge in [-0.1, -0.05) is 18.2 Å². The number of thiocarbonyl (C=S) groups is 1. The summed E-state index contributed by atoms with van der Waals surface area (Å²) >= 11 is 5.20. The molecule has 2 aromatic carbocycles. The van der Waals surface area contributed by atoms with E-state index in [9.17, 15) is 8.78 Å². The molecule has 0 radical (unpaired) electrons. The standard InChI is InChI=1S/C18H20F2N2O3S/c1-23-15-8-7-12(11-16(15)24-2)9-10-21-18(26)22-13-5-3-4-6-14(13)25-17(19)20/h3-8,11,17H,9-10H2,1-2H3,(H2,21,22,26). The molecule has 0 amide bonds. The van der Waals surface area contributed by atoms with Gasteiger partial charge in [-0.2, -0.15) is 8.78 Å². The van der Waals surface area contributed by atoms with Crippen molar-refractivity contribution in [2.75, 3.05) is 26.1 Å². The van der Waals surface area contributed by atoms with E-state index in [1.165, 1.54) is 6.07 Å². The molecule has 8 heteroatoms. The number of hydrogen-bond acceptors (Lipinski definition) is 4. The molecule has 2 aromatic rings. The minimum atomic E-state index is -2.90. The molecule has 0 aromatic heterocycles. The first-order valence-corrected chi connectivity index (χ1v) is 8.24. The van der Waals surface area contributed by atoms with E-state index in [0.29, 0.717) is 35.3 Å². The van der Waals surface area contributed by atoms with Gasteiger partial charge >= 0.3 is 6.61 Å². The Bertz CT molecular complexity index is 744. The summed E-state index contributed by atoms with van der Waals surface area (Å²) in [5, 5.41) is 6.21. The third-order valence-corrected chi connectivity index (χ3v) is 3.74. The molecule has 0 fully saturated rings. The minimum absolute atomic E-state index is 0.0338. The molecule has 0 saturated heterocycles. The van der Waals surface area contributed by atoms with Crippen molar-refractivity contribution in [2.24, 2.45) is 0 Å². The molecule has 0 heterocycles. The summed E-state index contributed by atoms with van der Waals surface area (Å²) in [4.78, 5) is 0. The number of rotatable bonds is 8. The van der Waals surface area contributed by atoms with Crippen LogP contribution < -0.4 is 24.8 Å². The number of alkyl halides is 2. The summed E-state index contributed by atoms with van der Waals surface area (Å²) in [5.41, 5.74) is 1.41. The molecule has 5 nitrogen and oxygen atoms in total. The SMILES string of the molecule is COc1ccc(CCNC(=S)Nc2ccccc2OC(F)F)cc1OC. The fourth-order valence-electron chi connectivity index (χ4n) is 2.29. The highest BCUT2D eigenvalue weighted by Crippen LogP contribution is 2.28. The lowest BCUT2D eigenvalue weighted by molar-refractivity contribution is -0.0493. The maximum atomic E-state index is 12.4. The number of halogens is 2. The van der Waals surface area contributed by atoms with E-state index < -0.39 is 6.61 Å². The first-order valence-electron chi connectivity index (χ1n) is 7.83. The third-order valence-electron chi connectivity index (χ3n) is 3.50. The molecule has 0 aliphatic rings. The van der Waals surface area contributed by atoms with Gasteiger partial charge in [-0.05, 0) is 48.5 Å². The van der Waals surface area contributed by atoms with Gasteiger partial charge in [0.25, 0.3) is 0 Å². The second-order valence-corrected chi connectivity index (χ2v) is 5.60. The normalized spacial score (nSPS) is 10.3. The monoisotopic (exact) mass is 382 g/mol. The van der Waals surface area contributed by atoms with Crippen LogP contribution in [0.1, 0.15) is 5.56 Å². The van der Waals surface area contributed by atoms with Crippen molar-refractivity contribution < 1.29 is 23.0 Å². The predicted molar refractivity (Wildman–Crippen MR) is 101 cm³/mol. The summed E-state index contributed by atoms with van der Waals surface area (Å²) in [6, 6.07) is 12.0. The Morgan fingerprint density at radius 3 is 2.46 bits per heavy atom. The quantitative estimate of drug-likeness (QED) is 0.677. The fraction of sp³-hybridized carbons (Fsp3) is 0.278. The number of methoxy groups -OCH3 is 2. The number of hydrogen-bond donors (Lipinski definition) is 2. The zero-order valence-corrected chi connectivity index (χ0v) is 15.2. The molecule has 0 saturated carbocycles. The number of nitrogens with one attached hydrogen (secondary N) is 2. The lowest BCUT2D eigenvalue weighted by Crippen LogP contribution is -2.30. The lowest BCUT2D eigenvalue weighted by atomic mass is 10.1. The molecule has 0 atom stereocenters. The third kappa shape index (κ3) is 5.73. The highest BCUT2D eigenvalue weighted by Gasteiger charge is 2.10. The Balaban J connectivity index is 1.88. The first kappa shape index (κ1) is 19.7. The Morgan fingerprint density at radius 1 is 1.04 bits per heavy atom. The zero-order chi connectivity index (χ0) is 18.9. The average molecular weight is 382 g/mol. The molecular formula is C18H20F2N2O3S. The molecule has 0 aliphatic heterocycles. The topological polar surface area (TPSA) is 51.8 Å². The van der Waals surface area contributed by atoms with Crippen LogP contribution in [0, 0.1) is 0 Å². The summed E-state index contributed by atoms with van der Waals surface area (Å²) in [7, 11) is 3.16. The van der Waals surface area contributed by atoms with Crippen molar-refractivity contribution in [1.82, 2.24) is 5.32 Å². The van der Waals surface area contributed by atoms with Crippen LogP contribution in [-0.4, -0.2) is 32.5 Å². The van der Waals surface area contributed by atoms with Gasteiger partial charge < -0.3 is 24.8 Å². The van der Waals surface area contributed by atoms with Crippen molar-refractivity contribution >= 4 is 23.0 Å².